The van der Waals surface area contributed by atoms with Gasteiger partial charge >= 0.3 is 94.1 Å². The number of pyridine rings is 5. The molecule has 0 aromatic carbocycles. The normalized spacial score (nSPS) is 20.1. The van der Waals surface area contributed by atoms with Crippen LogP contribution < -0.4 is 20.1 Å². The molecule has 63 heavy (non-hydrogen) atoms. The molecule has 0 unspecified atom stereocenters. The minimum absolute atomic E-state index is 0.301. The van der Waals surface area contributed by atoms with E-state index in [2.05, 4.69) is 75.8 Å². The third-order valence-electron chi connectivity index (χ3n) is 12.8. The fraction of sp³-hybridized carbons (Fsp3) is 0.468. The molecule has 3 aliphatic heterocycles. The van der Waals surface area contributed by atoms with Gasteiger partial charge in [0.15, 0.2) is 0 Å². The molecule has 0 spiro atoms. The van der Waals surface area contributed by atoms with Crippen LogP contribution in [0.2, 0.25) is 14.8 Å². The zero-order valence-corrected chi connectivity index (χ0v) is 44.4. The molecule has 332 valence electrons. The Bertz CT molecular complexity index is 2220. The van der Waals surface area contributed by atoms with Gasteiger partial charge in [-0.05, 0) is 129 Å². The molecule has 0 N–H and O–H groups in total. The van der Waals surface area contributed by atoms with Crippen LogP contribution in [0, 0.1) is 6.92 Å². The van der Waals surface area contributed by atoms with E-state index in [0.29, 0.717) is 0 Å². The summed E-state index contributed by atoms with van der Waals surface area (Å²) < 4.78 is 38.6. The Morgan fingerprint density at radius 1 is 0.429 bits per heavy atom. The Balaban J connectivity index is 0.000000200. The van der Waals surface area contributed by atoms with Crippen LogP contribution in [0.15, 0.2) is 96.0 Å². The average Bonchev–Trinajstić information content (AvgIpc) is 3.67. The predicted molar refractivity (Wildman–Crippen MR) is 262 cm³/mol. The molecule has 0 radical (unpaired) electrons. The second kappa shape index (κ2) is 18.3. The third kappa shape index (κ3) is 11.3. The van der Waals surface area contributed by atoms with Gasteiger partial charge < -0.3 is 27.9 Å². The van der Waals surface area contributed by atoms with Crippen LogP contribution in [0.5, 0.6) is 0 Å². The molecular formula is C47H63B3BrN5O6Sn. The van der Waals surface area contributed by atoms with Gasteiger partial charge in [-0.25, -0.2) is 9.97 Å². The van der Waals surface area contributed by atoms with E-state index in [-0.39, 0.29) is 18.3 Å². The summed E-state index contributed by atoms with van der Waals surface area (Å²) in [7, 11) is -1.21. The molecule has 8 heterocycles. The van der Waals surface area contributed by atoms with Crippen LogP contribution >= 0.6 is 15.9 Å². The van der Waals surface area contributed by atoms with Crippen molar-refractivity contribution < 1.29 is 27.9 Å². The molecule has 0 atom stereocenters. The van der Waals surface area contributed by atoms with Crippen molar-refractivity contribution in [3.05, 3.63) is 102 Å². The van der Waals surface area contributed by atoms with Crippen LogP contribution in [0.4, 0.5) is 0 Å². The van der Waals surface area contributed by atoms with Crippen LogP contribution in [0.25, 0.3) is 22.8 Å². The van der Waals surface area contributed by atoms with Crippen molar-refractivity contribution >= 4 is 75.8 Å². The van der Waals surface area contributed by atoms with Gasteiger partial charge in [0.05, 0.1) is 56.4 Å². The summed E-state index contributed by atoms with van der Waals surface area (Å²) in [4.78, 5) is 30.0. The summed E-state index contributed by atoms with van der Waals surface area (Å²) in [5.41, 5.74) is 4.77. The molecular weight excluding hydrogens is 962 g/mol. The second-order valence-electron chi connectivity index (χ2n) is 20.5. The van der Waals surface area contributed by atoms with Crippen molar-refractivity contribution in [3.8, 4) is 22.8 Å². The predicted octanol–water partition coefficient (Wildman–Crippen LogP) is 7.88. The first-order chi connectivity index (χ1) is 29.1. The number of aryl methyl sites for hydroxylation is 1. The molecule has 5 aromatic rings. The standard InChI is InChI=1S/C27H33B2N3O4.C11H15BBrNO2.C6H6N.3CH3.Sn/c1-24(2)25(3,4)34-28(33-24)18-12-14-20(30-16-18)22-10-9-11-23(32-22)21-15-13-19(17-31-21)29-35-26(5,6)27(7,8)36-29;1-10(2)11(3,4)16-12(15-10)8-5-6-9(13)14-7-8;1-6-4-2-3-5-7-6;;;;/h9-17H,1-8H3;5-7H,1-4H3;2-4H,1H3;3*1H3;. The Morgan fingerprint density at radius 3 is 1.06 bits per heavy atom. The Morgan fingerprint density at radius 2 is 0.778 bits per heavy atom. The van der Waals surface area contributed by atoms with Crippen molar-refractivity contribution in [2.45, 2.75) is 138 Å². The first kappa shape index (κ1) is 49.4. The summed E-state index contributed by atoms with van der Waals surface area (Å²) >= 11 is 1.44. The second-order valence-corrected chi connectivity index (χ2v) is 35.6. The first-order valence-electron chi connectivity index (χ1n) is 21.6. The molecule has 0 aliphatic carbocycles. The zero-order chi connectivity index (χ0) is 46.4. The molecule has 0 amide bonds. The average molecular weight is 1030 g/mol. The third-order valence-corrected chi connectivity index (χ3v) is 18.5. The SMILES string of the molecule is CC1(C)OB(c2ccc(-c3cccc(-c4ccc(B5OC(C)(C)C(C)(C)O5)cn4)n3)nc2)OC1(C)C.CC1(C)OB(c2ccc(Br)nc2)OC1(C)C.Cc1ccc[c]([Sn]([CH3])([CH3])[CH3])n1. The van der Waals surface area contributed by atoms with Crippen LogP contribution in [0.3, 0.4) is 0 Å². The van der Waals surface area contributed by atoms with E-state index in [1.807, 2.05) is 138 Å². The Hall–Kier alpha value is -3.02. The van der Waals surface area contributed by atoms with E-state index < -0.39 is 55.0 Å². The van der Waals surface area contributed by atoms with Crippen molar-refractivity contribution in [3.63, 3.8) is 0 Å². The summed E-state index contributed by atoms with van der Waals surface area (Å²) in [6, 6.07) is 23.9. The Labute approximate surface area is 389 Å². The summed E-state index contributed by atoms with van der Waals surface area (Å²) in [5.74, 6) is 0. The Kier molecular flexibility index (Phi) is 14.4. The molecule has 0 saturated carbocycles. The van der Waals surface area contributed by atoms with E-state index in [1.165, 1.54) is 3.71 Å². The van der Waals surface area contributed by atoms with Crippen molar-refractivity contribution in [1.82, 2.24) is 24.9 Å². The van der Waals surface area contributed by atoms with E-state index in [1.54, 1.807) is 18.6 Å². The number of nitrogens with zero attached hydrogens (tertiary/aromatic N) is 5. The summed E-state index contributed by atoms with van der Waals surface area (Å²) in [6.07, 6.45) is 5.36. The van der Waals surface area contributed by atoms with E-state index in [4.69, 9.17) is 32.9 Å². The van der Waals surface area contributed by atoms with Crippen molar-refractivity contribution in [1.29, 1.82) is 0 Å². The summed E-state index contributed by atoms with van der Waals surface area (Å²) in [6.45, 7) is 26.6. The minimum atomic E-state index is -1.87. The molecule has 3 saturated heterocycles. The quantitative estimate of drug-likeness (QED) is 0.122. The van der Waals surface area contributed by atoms with Gasteiger partial charge in [0.25, 0.3) is 0 Å². The monoisotopic (exact) mass is 1030 g/mol. The zero-order valence-electron chi connectivity index (χ0n) is 40.0. The summed E-state index contributed by atoms with van der Waals surface area (Å²) in [5, 5.41) is 0. The number of hydrogen-bond acceptors (Lipinski definition) is 11. The number of rotatable bonds is 6. The molecule has 5 aromatic heterocycles. The van der Waals surface area contributed by atoms with Gasteiger partial charge in [-0.2, -0.15) is 0 Å². The van der Waals surface area contributed by atoms with Gasteiger partial charge in [0.1, 0.15) is 4.60 Å². The van der Waals surface area contributed by atoms with Gasteiger partial charge in [0.2, 0.25) is 0 Å². The van der Waals surface area contributed by atoms with E-state index in [0.717, 1.165) is 49.5 Å². The van der Waals surface area contributed by atoms with Crippen molar-refractivity contribution in [2.24, 2.45) is 0 Å². The fourth-order valence-electron chi connectivity index (χ4n) is 6.54. The molecule has 3 aliphatic rings. The van der Waals surface area contributed by atoms with Crippen LogP contribution in [-0.2, 0) is 27.9 Å². The molecule has 16 heteroatoms. The van der Waals surface area contributed by atoms with E-state index >= 15 is 0 Å². The number of aromatic nitrogens is 5. The maximum absolute atomic E-state index is 6.14. The molecule has 8 rings (SSSR count). The number of halogens is 1. The fourth-order valence-corrected chi connectivity index (χ4v) is 9.93. The molecule has 3 fully saturated rings. The molecule has 11 nitrogen and oxygen atoms in total. The topological polar surface area (TPSA) is 120 Å². The number of hydrogen-bond donors (Lipinski definition) is 0. The van der Waals surface area contributed by atoms with Crippen LogP contribution in [-0.4, -0.2) is 98.3 Å². The maximum atomic E-state index is 6.14. The van der Waals surface area contributed by atoms with Gasteiger partial charge in [0, 0.05) is 35.0 Å². The van der Waals surface area contributed by atoms with Crippen LogP contribution in [0.1, 0.15) is 88.8 Å². The molecule has 0 bridgehead atoms. The van der Waals surface area contributed by atoms with Crippen molar-refractivity contribution in [2.75, 3.05) is 0 Å². The van der Waals surface area contributed by atoms with Gasteiger partial charge in [-0.1, -0.05) is 24.3 Å². The first-order valence-corrected chi connectivity index (χ1v) is 32.4. The van der Waals surface area contributed by atoms with Gasteiger partial charge in [-0.3, -0.25) is 9.97 Å². The van der Waals surface area contributed by atoms with E-state index in [9.17, 15) is 0 Å². The van der Waals surface area contributed by atoms with Gasteiger partial charge in [-0.15, -0.1) is 0 Å².